The SMILES string of the molecule is CC1(C)c2ccccc2-c2c(-c3ccccc3N(c3ccc4c(c3)C(c3ccccc3)(c3ccc5oc6ccccc6c5c3)c3ccccc3-4)c3ccc(-c4ccccc4)cc3-c3ccccc3)cccc21. The van der Waals surface area contributed by atoms with E-state index >= 15 is 0 Å². The van der Waals surface area contributed by atoms with Crippen LogP contribution in [0.15, 0.2) is 265 Å². The average Bonchev–Trinajstić information content (AvgIpc) is 4.05. The van der Waals surface area contributed by atoms with Gasteiger partial charge in [0.1, 0.15) is 11.2 Å². The first-order chi connectivity index (χ1) is 35.5. The quantitative estimate of drug-likeness (QED) is 0.151. The van der Waals surface area contributed by atoms with Crippen LogP contribution in [0.1, 0.15) is 47.2 Å². The Hall–Kier alpha value is -8.98. The number of anilines is 3. The predicted molar refractivity (Wildman–Crippen MR) is 300 cm³/mol. The molecule has 0 bridgehead atoms. The molecule has 14 rings (SSSR count). The lowest BCUT2D eigenvalue weighted by Gasteiger charge is -2.35. The molecule has 0 amide bonds. The maximum atomic E-state index is 6.48. The zero-order chi connectivity index (χ0) is 48.0. The molecule has 0 aliphatic heterocycles. The molecule has 2 aliphatic carbocycles. The molecule has 1 aromatic heterocycles. The summed E-state index contributed by atoms with van der Waals surface area (Å²) in [4.78, 5) is 2.55. The van der Waals surface area contributed by atoms with Gasteiger partial charge in [-0.3, -0.25) is 0 Å². The first-order valence-electron chi connectivity index (χ1n) is 25.1. The van der Waals surface area contributed by atoms with Crippen LogP contribution in [0.2, 0.25) is 0 Å². The molecule has 0 saturated heterocycles. The molecule has 2 heteroatoms. The van der Waals surface area contributed by atoms with E-state index in [-0.39, 0.29) is 5.41 Å². The Morgan fingerprint density at radius 2 is 0.917 bits per heavy atom. The molecule has 72 heavy (non-hydrogen) atoms. The summed E-state index contributed by atoms with van der Waals surface area (Å²) in [7, 11) is 0. The lowest BCUT2D eigenvalue weighted by Crippen LogP contribution is -2.28. The van der Waals surface area contributed by atoms with Crippen molar-refractivity contribution in [3.05, 3.63) is 294 Å². The molecule has 2 nitrogen and oxygen atoms in total. The van der Waals surface area contributed by atoms with E-state index in [1.165, 1.54) is 77.9 Å². The summed E-state index contributed by atoms with van der Waals surface area (Å²) in [6, 6.07) is 96.4. The zero-order valence-electron chi connectivity index (χ0n) is 40.2. The fraction of sp³-hybridized carbons (Fsp3) is 0.0571. The lowest BCUT2D eigenvalue weighted by molar-refractivity contribution is 0.660. The van der Waals surface area contributed by atoms with Gasteiger partial charge >= 0.3 is 0 Å². The number of hydrogen-bond acceptors (Lipinski definition) is 2. The third-order valence-corrected chi connectivity index (χ3v) is 15.8. The molecule has 0 spiro atoms. The minimum atomic E-state index is -0.671. The predicted octanol–water partition coefficient (Wildman–Crippen LogP) is 18.7. The molecule has 12 aromatic rings. The van der Waals surface area contributed by atoms with Gasteiger partial charge in [0.2, 0.25) is 0 Å². The van der Waals surface area contributed by atoms with E-state index in [0.29, 0.717) is 0 Å². The van der Waals surface area contributed by atoms with Crippen LogP contribution in [0, 0.1) is 0 Å². The van der Waals surface area contributed by atoms with E-state index in [2.05, 4.69) is 280 Å². The van der Waals surface area contributed by atoms with Crippen molar-refractivity contribution >= 4 is 39.0 Å². The van der Waals surface area contributed by atoms with Gasteiger partial charge in [0.25, 0.3) is 0 Å². The van der Waals surface area contributed by atoms with Crippen LogP contribution in [0.5, 0.6) is 0 Å². The number of rotatable bonds is 8. The van der Waals surface area contributed by atoms with Crippen LogP contribution in [0.3, 0.4) is 0 Å². The minimum absolute atomic E-state index is 0.147. The van der Waals surface area contributed by atoms with Crippen LogP contribution in [0.4, 0.5) is 17.1 Å². The average molecular weight is 920 g/mol. The van der Waals surface area contributed by atoms with Crippen LogP contribution in [-0.2, 0) is 10.8 Å². The lowest BCUT2D eigenvalue weighted by atomic mass is 9.67. The topological polar surface area (TPSA) is 16.4 Å². The molecule has 1 unspecified atom stereocenters. The van der Waals surface area contributed by atoms with Crippen LogP contribution >= 0.6 is 0 Å². The first-order valence-corrected chi connectivity index (χ1v) is 25.1. The summed E-state index contributed by atoms with van der Waals surface area (Å²) < 4.78 is 6.48. The maximum Gasteiger partial charge on any atom is 0.135 e. The second-order valence-electron chi connectivity index (χ2n) is 19.9. The number of benzene rings is 11. The largest absolute Gasteiger partial charge is 0.456 e. The highest BCUT2D eigenvalue weighted by atomic mass is 16.3. The Labute approximate surface area is 420 Å². The van der Waals surface area contributed by atoms with Crippen molar-refractivity contribution in [2.45, 2.75) is 24.7 Å². The molecule has 0 N–H and O–H groups in total. The second-order valence-corrected chi connectivity index (χ2v) is 19.9. The summed E-state index contributed by atoms with van der Waals surface area (Å²) in [6.07, 6.45) is 0. The zero-order valence-corrected chi connectivity index (χ0v) is 40.2. The Balaban J connectivity index is 1.08. The Morgan fingerprint density at radius 3 is 1.72 bits per heavy atom. The van der Waals surface area contributed by atoms with Gasteiger partial charge in [-0.1, -0.05) is 226 Å². The van der Waals surface area contributed by atoms with Crippen molar-refractivity contribution in [1.29, 1.82) is 0 Å². The third-order valence-electron chi connectivity index (χ3n) is 15.8. The fourth-order valence-electron chi connectivity index (χ4n) is 12.5. The van der Waals surface area contributed by atoms with Crippen molar-refractivity contribution in [2.75, 3.05) is 4.90 Å². The van der Waals surface area contributed by atoms with Gasteiger partial charge in [0, 0.05) is 33.0 Å². The summed E-state index contributed by atoms with van der Waals surface area (Å²) in [6.45, 7) is 4.74. The normalized spacial score (nSPS) is 15.0. The number of para-hydroxylation sites is 2. The fourth-order valence-corrected chi connectivity index (χ4v) is 12.5. The van der Waals surface area contributed by atoms with Crippen LogP contribution in [-0.4, -0.2) is 0 Å². The maximum absolute atomic E-state index is 6.48. The van der Waals surface area contributed by atoms with Gasteiger partial charge < -0.3 is 9.32 Å². The first kappa shape index (κ1) is 41.9. The Bertz CT molecular complexity index is 4070. The van der Waals surface area contributed by atoms with Crippen LogP contribution in [0.25, 0.3) is 77.6 Å². The van der Waals surface area contributed by atoms with Gasteiger partial charge in [0.05, 0.1) is 16.8 Å². The molecule has 0 fully saturated rings. The monoisotopic (exact) mass is 919 g/mol. The Kier molecular flexibility index (Phi) is 9.50. The minimum Gasteiger partial charge on any atom is -0.456 e. The van der Waals surface area contributed by atoms with Crippen molar-refractivity contribution in [2.24, 2.45) is 0 Å². The molecule has 0 saturated carbocycles. The molecule has 340 valence electrons. The van der Waals surface area contributed by atoms with Gasteiger partial charge in [-0.05, 0) is 126 Å². The van der Waals surface area contributed by atoms with E-state index in [4.69, 9.17) is 4.42 Å². The van der Waals surface area contributed by atoms with Gasteiger partial charge in [-0.25, -0.2) is 0 Å². The van der Waals surface area contributed by atoms with Gasteiger partial charge in [-0.2, -0.15) is 0 Å². The Morgan fingerprint density at radius 1 is 0.319 bits per heavy atom. The van der Waals surface area contributed by atoms with Crippen LogP contribution < -0.4 is 4.90 Å². The smallest absolute Gasteiger partial charge is 0.135 e. The summed E-state index contributed by atoms with van der Waals surface area (Å²) >= 11 is 0. The van der Waals surface area contributed by atoms with E-state index < -0.39 is 5.41 Å². The van der Waals surface area contributed by atoms with Crippen molar-refractivity contribution < 1.29 is 4.42 Å². The molecular weight excluding hydrogens is 871 g/mol. The number of fused-ring (bicyclic) bond motifs is 9. The second kappa shape index (κ2) is 16.3. The van der Waals surface area contributed by atoms with Crippen molar-refractivity contribution in [3.63, 3.8) is 0 Å². The molecule has 0 radical (unpaired) electrons. The standard InChI is InChI=1S/C70H49NO/c1-69(2)60-32-16-13-30-57(60)68-56(31-20-34-62(68)69)54-28-14-18-35-64(54)71(65-41-37-48(46-21-6-3-7-22-46)43-58(65)47-23-8-4-9-24-47)51-39-40-53-52-27-12-17-33-61(52)70(63(53)45-51,49-25-10-5-11-26-49)50-38-42-67-59(44-50)55-29-15-19-36-66(55)72-67/h3-45H,1-2H3. The number of furan rings is 1. The van der Waals surface area contributed by atoms with E-state index in [1.54, 1.807) is 0 Å². The summed E-state index contributed by atoms with van der Waals surface area (Å²) in [5, 5.41) is 2.23. The molecule has 1 atom stereocenters. The van der Waals surface area contributed by atoms with Gasteiger partial charge in [0.15, 0.2) is 0 Å². The number of hydrogen-bond donors (Lipinski definition) is 0. The van der Waals surface area contributed by atoms with Gasteiger partial charge in [-0.15, -0.1) is 0 Å². The molecule has 11 aromatic carbocycles. The molecular formula is C70H49NO. The van der Waals surface area contributed by atoms with Crippen molar-refractivity contribution in [3.8, 4) is 55.6 Å². The number of nitrogens with zero attached hydrogens (tertiary/aromatic N) is 1. The highest BCUT2D eigenvalue weighted by molar-refractivity contribution is 6.06. The van der Waals surface area contributed by atoms with E-state index in [9.17, 15) is 0 Å². The van der Waals surface area contributed by atoms with Crippen molar-refractivity contribution in [1.82, 2.24) is 0 Å². The highest BCUT2D eigenvalue weighted by Crippen LogP contribution is 2.59. The third kappa shape index (κ3) is 6.22. The van der Waals surface area contributed by atoms with E-state index in [1.807, 2.05) is 0 Å². The van der Waals surface area contributed by atoms with E-state index in [0.717, 1.165) is 50.1 Å². The molecule has 2 aliphatic rings. The highest BCUT2D eigenvalue weighted by Gasteiger charge is 2.47. The summed E-state index contributed by atoms with van der Waals surface area (Å²) in [5.41, 5.74) is 24.0. The summed E-state index contributed by atoms with van der Waals surface area (Å²) in [5.74, 6) is 0. The molecule has 1 heterocycles.